The monoisotopic (exact) mass is 188 g/mol. The topological polar surface area (TPSA) is 9.23 Å². The van der Waals surface area contributed by atoms with Crippen molar-refractivity contribution in [2.75, 3.05) is 0 Å². The van der Waals surface area contributed by atoms with E-state index >= 15 is 0 Å². The standard InChI is InChI=1S/C8H6F2OS/c9-8(10)11-7-4-2-1-3-6(7)5-12/h1-5,8H. The Labute approximate surface area is 74.0 Å². The lowest BCUT2D eigenvalue weighted by atomic mass is 10.2. The first-order chi connectivity index (χ1) is 5.74. The Morgan fingerprint density at radius 2 is 2.00 bits per heavy atom. The van der Waals surface area contributed by atoms with Gasteiger partial charge in [0.25, 0.3) is 0 Å². The van der Waals surface area contributed by atoms with Crippen molar-refractivity contribution in [2.45, 2.75) is 6.61 Å². The minimum atomic E-state index is -2.80. The molecule has 0 N–H and O–H groups in total. The fourth-order valence-corrected chi connectivity index (χ4v) is 0.976. The van der Waals surface area contributed by atoms with Crippen molar-refractivity contribution < 1.29 is 13.5 Å². The first-order valence-electron chi connectivity index (χ1n) is 3.23. The predicted molar refractivity (Wildman–Crippen MR) is 45.8 cm³/mol. The molecule has 1 nitrogen and oxygen atoms in total. The van der Waals surface area contributed by atoms with Gasteiger partial charge in [-0.05, 0) is 6.07 Å². The minimum absolute atomic E-state index is 0.113. The lowest BCUT2D eigenvalue weighted by Crippen LogP contribution is -2.03. The molecule has 0 fully saturated rings. The van der Waals surface area contributed by atoms with Crippen LogP contribution in [0.5, 0.6) is 5.75 Å². The van der Waals surface area contributed by atoms with Crippen LogP contribution in [-0.4, -0.2) is 12.0 Å². The number of rotatable bonds is 3. The van der Waals surface area contributed by atoms with Crippen LogP contribution in [0.2, 0.25) is 0 Å². The van der Waals surface area contributed by atoms with Crippen molar-refractivity contribution in [1.82, 2.24) is 0 Å². The first-order valence-corrected chi connectivity index (χ1v) is 3.70. The maximum atomic E-state index is 11.8. The molecule has 0 heterocycles. The molecular formula is C8H6F2OS. The lowest BCUT2D eigenvalue weighted by molar-refractivity contribution is -0.0499. The Morgan fingerprint density at radius 1 is 1.33 bits per heavy atom. The van der Waals surface area contributed by atoms with Gasteiger partial charge in [-0.25, -0.2) is 0 Å². The number of thiocarbonyl (C=S) groups is 1. The van der Waals surface area contributed by atoms with Crippen LogP contribution >= 0.6 is 12.2 Å². The molecule has 4 heteroatoms. The molecule has 64 valence electrons. The molecule has 0 aliphatic carbocycles. The summed E-state index contributed by atoms with van der Waals surface area (Å²) in [5, 5.41) is 1.30. The van der Waals surface area contributed by atoms with Crippen molar-refractivity contribution >= 4 is 17.6 Å². The maximum absolute atomic E-state index is 11.8. The SMILES string of the molecule is FC(F)Oc1ccccc1C=S. The van der Waals surface area contributed by atoms with Crippen molar-refractivity contribution in [3.63, 3.8) is 0 Å². The van der Waals surface area contributed by atoms with Crippen LogP contribution in [0.4, 0.5) is 8.78 Å². The van der Waals surface area contributed by atoms with Gasteiger partial charge < -0.3 is 4.74 Å². The van der Waals surface area contributed by atoms with Crippen LogP contribution in [-0.2, 0) is 0 Å². The molecule has 1 aromatic carbocycles. The van der Waals surface area contributed by atoms with Crippen LogP contribution in [0.25, 0.3) is 0 Å². The fraction of sp³-hybridized carbons (Fsp3) is 0.125. The van der Waals surface area contributed by atoms with E-state index in [1.54, 1.807) is 18.2 Å². The molecule has 1 rings (SSSR count). The molecule has 0 saturated carbocycles. The zero-order valence-electron chi connectivity index (χ0n) is 6.04. The average Bonchev–Trinajstić information content (AvgIpc) is 2.04. The average molecular weight is 188 g/mol. The maximum Gasteiger partial charge on any atom is 0.387 e. The van der Waals surface area contributed by atoms with E-state index in [2.05, 4.69) is 17.0 Å². The van der Waals surface area contributed by atoms with E-state index in [-0.39, 0.29) is 5.75 Å². The summed E-state index contributed by atoms with van der Waals surface area (Å²) in [6.45, 7) is -2.80. The van der Waals surface area contributed by atoms with E-state index in [0.717, 1.165) is 0 Å². The molecular weight excluding hydrogens is 182 g/mol. The number of benzene rings is 1. The highest BCUT2D eigenvalue weighted by atomic mass is 32.1. The summed E-state index contributed by atoms with van der Waals surface area (Å²) in [4.78, 5) is 0. The number of hydrogen-bond donors (Lipinski definition) is 0. The van der Waals surface area contributed by atoms with Crippen molar-refractivity contribution in [2.24, 2.45) is 0 Å². The normalized spacial score (nSPS) is 9.92. The second-order valence-electron chi connectivity index (χ2n) is 2.03. The third-order valence-corrected chi connectivity index (χ3v) is 1.52. The molecule has 0 atom stereocenters. The van der Waals surface area contributed by atoms with Crippen molar-refractivity contribution in [3.05, 3.63) is 29.8 Å². The lowest BCUT2D eigenvalue weighted by Gasteiger charge is -2.05. The Hall–Kier alpha value is -1.03. The molecule has 0 aliphatic heterocycles. The highest BCUT2D eigenvalue weighted by Gasteiger charge is 2.06. The number of hydrogen-bond acceptors (Lipinski definition) is 2. The summed E-state index contributed by atoms with van der Waals surface area (Å²) in [6.07, 6.45) is 0. The molecule has 0 spiro atoms. The molecule has 0 amide bonds. The van der Waals surface area contributed by atoms with E-state index in [9.17, 15) is 8.78 Å². The minimum Gasteiger partial charge on any atom is -0.434 e. The quantitative estimate of drug-likeness (QED) is 0.674. The van der Waals surface area contributed by atoms with E-state index in [1.807, 2.05) is 0 Å². The van der Waals surface area contributed by atoms with Crippen molar-refractivity contribution in [3.8, 4) is 5.75 Å². The van der Waals surface area contributed by atoms with Gasteiger partial charge in [-0.3, -0.25) is 0 Å². The number of alkyl halides is 2. The van der Waals surface area contributed by atoms with Crippen LogP contribution in [0, 0.1) is 0 Å². The largest absolute Gasteiger partial charge is 0.434 e. The third kappa shape index (κ3) is 2.23. The van der Waals surface area contributed by atoms with Crippen LogP contribution in [0.1, 0.15) is 5.56 Å². The van der Waals surface area contributed by atoms with Crippen LogP contribution in [0.15, 0.2) is 24.3 Å². The summed E-state index contributed by atoms with van der Waals surface area (Å²) in [5.41, 5.74) is 0.493. The van der Waals surface area contributed by atoms with Gasteiger partial charge in [0.05, 0.1) is 0 Å². The Balaban J connectivity index is 2.89. The van der Waals surface area contributed by atoms with Gasteiger partial charge in [0, 0.05) is 10.9 Å². The van der Waals surface area contributed by atoms with E-state index in [4.69, 9.17) is 0 Å². The summed E-state index contributed by atoms with van der Waals surface area (Å²) in [6, 6.07) is 6.38. The Morgan fingerprint density at radius 3 is 2.58 bits per heavy atom. The zero-order valence-corrected chi connectivity index (χ0v) is 6.85. The zero-order chi connectivity index (χ0) is 8.97. The van der Waals surface area contributed by atoms with Gasteiger partial charge in [-0.1, -0.05) is 30.4 Å². The second-order valence-corrected chi connectivity index (χ2v) is 2.27. The summed E-state index contributed by atoms with van der Waals surface area (Å²) < 4.78 is 27.7. The predicted octanol–water partition coefficient (Wildman–Crippen LogP) is 2.64. The van der Waals surface area contributed by atoms with Gasteiger partial charge in [0.1, 0.15) is 5.75 Å². The summed E-state index contributed by atoms with van der Waals surface area (Å²) in [5.74, 6) is 0.113. The number of halogens is 2. The highest BCUT2D eigenvalue weighted by molar-refractivity contribution is 7.79. The second kappa shape index (κ2) is 4.11. The molecule has 0 unspecified atom stereocenters. The first kappa shape index (κ1) is 9.06. The van der Waals surface area contributed by atoms with Gasteiger partial charge in [-0.15, -0.1) is 0 Å². The molecule has 1 aromatic rings. The van der Waals surface area contributed by atoms with E-state index in [0.29, 0.717) is 5.56 Å². The third-order valence-electron chi connectivity index (χ3n) is 1.26. The summed E-state index contributed by atoms with van der Waals surface area (Å²) in [7, 11) is 0. The molecule has 0 aromatic heterocycles. The highest BCUT2D eigenvalue weighted by Crippen LogP contribution is 2.18. The molecule has 0 bridgehead atoms. The number of para-hydroxylation sites is 1. The molecule has 0 aliphatic rings. The van der Waals surface area contributed by atoms with Gasteiger partial charge in [-0.2, -0.15) is 8.78 Å². The molecule has 0 saturated heterocycles. The molecule has 12 heavy (non-hydrogen) atoms. The Bertz CT molecular complexity index is 276. The van der Waals surface area contributed by atoms with E-state index < -0.39 is 6.61 Å². The van der Waals surface area contributed by atoms with E-state index in [1.165, 1.54) is 11.4 Å². The van der Waals surface area contributed by atoms with Crippen molar-refractivity contribution in [1.29, 1.82) is 0 Å². The fourth-order valence-electron chi connectivity index (χ4n) is 0.781. The van der Waals surface area contributed by atoms with Gasteiger partial charge >= 0.3 is 6.61 Å². The Kier molecular flexibility index (Phi) is 3.10. The van der Waals surface area contributed by atoms with Crippen LogP contribution < -0.4 is 4.74 Å². The van der Waals surface area contributed by atoms with Gasteiger partial charge in [0.15, 0.2) is 0 Å². The van der Waals surface area contributed by atoms with Gasteiger partial charge in [0.2, 0.25) is 0 Å². The smallest absolute Gasteiger partial charge is 0.387 e. The van der Waals surface area contributed by atoms with Crippen LogP contribution in [0.3, 0.4) is 0 Å². The number of ether oxygens (including phenoxy) is 1. The molecule has 0 radical (unpaired) electrons. The summed E-state index contributed by atoms with van der Waals surface area (Å²) >= 11 is 4.61.